The molecule has 0 aliphatic carbocycles. The topological polar surface area (TPSA) is 38.7 Å². The third kappa shape index (κ3) is 5.33. The summed E-state index contributed by atoms with van der Waals surface area (Å²) in [4.78, 5) is 15.0. The second-order valence-corrected chi connectivity index (χ2v) is 17.5. The summed E-state index contributed by atoms with van der Waals surface area (Å²) in [6, 6.07) is 63.1. The van der Waals surface area contributed by atoms with Gasteiger partial charge in [0.1, 0.15) is 0 Å². The molecule has 0 N–H and O–H groups in total. The first-order valence-corrected chi connectivity index (χ1v) is 21.4. The highest BCUT2D eigenvalue weighted by molar-refractivity contribution is 7.27. The summed E-state index contributed by atoms with van der Waals surface area (Å²) in [5.41, 5.74) is 7.94. The van der Waals surface area contributed by atoms with Crippen molar-refractivity contribution >= 4 is 94.5 Å². The predicted octanol–water partition coefficient (Wildman–Crippen LogP) is 15.3. The highest BCUT2D eigenvalue weighted by Crippen LogP contribution is 2.49. The first kappa shape index (κ1) is 32.7. The molecular weight excluding hydrogens is 751 g/mol. The lowest BCUT2D eigenvalue weighted by Gasteiger charge is -2.12. The van der Waals surface area contributed by atoms with Crippen molar-refractivity contribution in [3.8, 4) is 56.4 Å². The van der Waals surface area contributed by atoms with Crippen LogP contribution in [0.15, 0.2) is 176 Å². The third-order valence-electron chi connectivity index (χ3n) is 10.9. The monoisotopic (exact) mass is 779 g/mol. The summed E-state index contributed by atoms with van der Waals surface area (Å²) in [7, 11) is 0. The van der Waals surface area contributed by atoms with Gasteiger partial charge in [0.05, 0.1) is 0 Å². The first-order chi connectivity index (χ1) is 28.2. The summed E-state index contributed by atoms with van der Waals surface area (Å²) >= 11 is 5.61. The minimum absolute atomic E-state index is 0.663. The molecule has 0 fully saturated rings. The van der Waals surface area contributed by atoms with Gasteiger partial charge >= 0.3 is 0 Å². The number of thiophene rings is 3. The van der Waals surface area contributed by atoms with Crippen molar-refractivity contribution in [1.82, 2.24) is 15.0 Å². The Morgan fingerprint density at radius 3 is 1.56 bits per heavy atom. The van der Waals surface area contributed by atoms with Crippen LogP contribution in [-0.4, -0.2) is 15.0 Å². The molecule has 0 aliphatic heterocycles. The number of hydrogen-bond acceptors (Lipinski definition) is 6. The van der Waals surface area contributed by atoms with E-state index in [0.717, 1.165) is 16.7 Å². The maximum Gasteiger partial charge on any atom is 0.164 e. The van der Waals surface area contributed by atoms with Gasteiger partial charge in [-0.05, 0) is 58.7 Å². The van der Waals surface area contributed by atoms with Crippen LogP contribution in [0.25, 0.3) is 117 Å². The van der Waals surface area contributed by atoms with Crippen LogP contribution in [-0.2, 0) is 0 Å². The number of nitrogens with zero attached hydrogens (tertiary/aromatic N) is 3. The number of rotatable bonds is 5. The number of aromatic nitrogens is 3. The zero-order valence-corrected chi connectivity index (χ0v) is 32.8. The Labute approximate surface area is 339 Å². The number of fused-ring (bicyclic) bond motifs is 9. The normalized spacial score (nSPS) is 11.9. The predicted molar refractivity (Wildman–Crippen MR) is 246 cm³/mol. The van der Waals surface area contributed by atoms with Crippen LogP contribution in [0, 0.1) is 0 Å². The van der Waals surface area contributed by atoms with Crippen LogP contribution >= 0.6 is 34.0 Å². The van der Waals surface area contributed by atoms with E-state index in [-0.39, 0.29) is 0 Å². The van der Waals surface area contributed by atoms with Crippen molar-refractivity contribution in [1.29, 1.82) is 0 Å². The molecule has 12 aromatic rings. The lowest BCUT2D eigenvalue weighted by atomic mass is 9.91. The Kier molecular flexibility index (Phi) is 7.45. The molecule has 0 radical (unpaired) electrons. The molecule has 0 bridgehead atoms. The van der Waals surface area contributed by atoms with Gasteiger partial charge in [-0.2, -0.15) is 0 Å². The van der Waals surface area contributed by atoms with Gasteiger partial charge in [-0.3, -0.25) is 0 Å². The van der Waals surface area contributed by atoms with Crippen LogP contribution < -0.4 is 0 Å². The molecular formula is C51H29N3S3. The zero-order valence-electron chi connectivity index (χ0n) is 30.3. The van der Waals surface area contributed by atoms with Crippen molar-refractivity contribution < 1.29 is 0 Å². The fraction of sp³-hybridized carbons (Fsp3) is 0. The molecule has 0 spiro atoms. The van der Waals surface area contributed by atoms with Crippen molar-refractivity contribution in [2.75, 3.05) is 0 Å². The van der Waals surface area contributed by atoms with Gasteiger partial charge in [0, 0.05) is 77.2 Å². The summed E-state index contributed by atoms with van der Waals surface area (Å²) < 4.78 is 7.73. The minimum Gasteiger partial charge on any atom is -0.208 e. The van der Waals surface area contributed by atoms with E-state index in [2.05, 4.69) is 140 Å². The molecule has 0 saturated carbocycles. The van der Waals surface area contributed by atoms with Crippen molar-refractivity contribution in [3.05, 3.63) is 176 Å². The summed E-state index contributed by atoms with van der Waals surface area (Å²) in [5.74, 6) is 1.99. The lowest BCUT2D eigenvalue weighted by Crippen LogP contribution is -1.99. The molecule has 266 valence electrons. The summed E-state index contributed by atoms with van der Waals surface area (Å²) in [6.45, 7) is 0. The van der Waals surface area contributed by atoms with E-state index in [1.165, 1.54) is 82.8 Å². The second-order valence-electron chi connectivity index (χ2n) is 14.3. The molecule has 4 aromatic heterocycles. The number of benzene rings is 8. The second kappa shape index (κ2) is 13.0. The van der Waals surface area contributed by atoms with Crippen molar-refractivity contribution in [3.63, 3.8) is 0 Å². The van der Waals surface area contributed by atoms with E-state index in [9.17, 15) is 0 Å². The molecule has 4 heterocycles. The minimum atomic E-state index is 0.663. The van der Waals surface area contributed by atoms with E-state index in [4.69, 9.17) is 15.0 Å². The zero-order chi connectivity index (χ0) is 37.5. The van der Waals surface area contributed by atoms with Gasteiger partial charge in [-0.15, -0.1) is 34.0 Å². The van der Waals surface area contributed by atoms with Gasteiger partial charge in [0.2, 0.25) is 0 Å². The largest absolute Gasteiger partial charge is 0.208 e. The standard InChI is InChI=1S/C51H29N3S3/c1-3-13-30(14-4-1)49-52-50(31-15-5-2-6-16-31)54-51(53-49)32-25-26-39-44(28-32)56-43-24-12-20-36(46(39)43)40-27-33(29-45-47(40)38-18-8-10-23-42(38)55-45)34-19-11-21-37-35-17-7-9-22-41(35)57-48(34)37/h1-29H. The van der Waals surface area contributed by atoms with E-state index in [1.807, 2.05) is 70.4 Å². The smallest absolute Gasteiger partial charge is 0.164 e. The van der Waals surface area contributed by atoms with Crippen molar-refractivity contribution in [2.24, 2.45) is 0 Å². The van der Waals surface area contributed by atoms with Gasteiger partial charge in [-0.25, -0.2) is 15.0 Å². The fourth-order valence-electron chi connectivity index (χ4n) is 8.32. The molecule has 0 atom stereocenters. The molecule has 57 heavy (non-hydrogen) atoms. The Hall–Kier alpha value is -6.57. The quantitative estimate of drug-likeness (QED) is 0.175. The molecule has 3 nitrogen and oxygen atoms in total. The summed E-state index contributed by atoms with van der Waals surface area (Å²) in [6.07, 6.45) is 0. The third-order valence-corrected chi connectivity index (χ3v) is 14.4. The molecule has 0 aliphatic rings. The van der Waals surface area contributed by atoms with Gasteiger partial charge in [0.25, 0.3) is 0 Å². The first-order valence-electron chi connectivity index (χ1n) is 18.9. The Bertz CT molecular complexity index is 3470. The van der Waals surface area contributed by atoms with Crippen LogP contribution in [0.4, 0.5) is 0 Å². The average molecular weight is 780 g/mol. The van der Waals surface area contributed by atoms with Crippen LogP contribution in [0.1, 0.15) is 0 Å². The van der Waals surface area contributed by atoms with Gasteiger partial charge in [-0.1, -0.05) is 140 Å². The van der Waals surface area contributed by atoms with Gasteiger partial charge < -0.3 is 0 Å². The maximum atomic E-state index is 5.04. The number of hydrogen-bond donors (Lipinski definition) is 0. The van der Waals surface area contributed by atoms with E-state index >= 15 is 0 Å². The Morgan fingerprint density at radius 1 is 0.281 bits per heavy atom. The van der Waals surface area contributed by atoms with Crippen LogP contribution in [0.5, 0.6) is 0 Å². The maximum absolute atomic E-state index is 5.04. The molecule has 0 amide bonds. The molecule has 12 rings (SSSR count). The van der Waals surface area contributed by atoms with E-state index < -0.39 is 0 Å². The van der Waals surface area contributed by atoms with Crippen LogP contribution in [0.3, 0.4) is 0 Å². The Morgan fingerprint density at radius 2 is 0.807 bits per heavy atom. The van der Waals surface area contributed by atoms with Crippen LogP contribution in [0.2, 0.25) is 0 Å². The molecule has 0 unspecified atom stereocenters. The molecule has 8 aromatic carbocycles. The molecule has 6 heteroatoms. The fourth-order valence-corrected chi connectivity index (χ4v) is 11.9. The van der Waals surface area contributed by atoms with E-state index in [1.54, 1.807) is 0 Å². The highest BCUT2D eigenvalue weighted by atomic mass is 32.1. The highest BCUT2D eigenvalue weighted by Gasteiger charge is 2.20. The summed E-state index contributed by atoms with van der Waals surface area (Å²) in [5, 5.41) is 7.77. The van der Waals surface area contributed by atoms with E-state index in [0.29, 0.717) is 17.5 Å². The van der Waals surface area contributed by atoms with Gasteiger partial charge in [0.15, 0.2) is 17.5 Å². The average Bonchev–Trinajstić information content (AvgIpc) is 3.97. The SMILES string of the molecule is c1ccc(-c2nc(-c3ccccc3)nc(-c3ccc4c(c3)sc3cccc(-c5cc(-c6cccc7c6sc6ccccc67)cc6sc7ccccc7c56)c34)n2)cc1. The molecule has 0 saturated heterocycles. The lowest BCUT2D eigenvalue weighted by molar-refractivity contribution is 1.07. The Balaban J connectivity index is 1.07. The van der Waals surface area contributed by atoms with Crippen molar-refractivity contribution in [2.45, 2.75) is 0 Å².